The van der Waals surface area contributed by atoms with Crippen molar-refractivity contribution in [3.05, 3.63) is 30.4 Å². The zero-order chi connectivity index (χ0) is 14.0. The van der Waals surface area contributed by atoms with E-state index >= 15 is 0 Å². The highest BCUT2D eigenvalue weighted by molar-refractivity contribution is 7.99. The average molecular weight is 287 g/mol. The van der Waals surface area contributed by atoms with Crippen LogP contribution in [0, 0.1) is 6.42 Å². The van der Waals surface area contributed by atoms with Gasteiger partial charge in [0.1, 0.15) is 6.42 Å². The second-order valence-electron chi connectivity index (χ2n) is 3.30. The van der Waals surface area contributed by atoms with E-state index in [1.54, 1.807) is 6.92 Å². The molecule has 1 N–H and O–H groups in total. The van der Waals surface area contributed by atoms with Gasteiger partial charge in [0.05, 0.1) is 4.90 Å². The summed E-state index contributed by atoms with van der Waals surface area (Å²) in [5, 5.41) is 9.32. The maximum absolute atomic E-state index is 12.9. The van der Waals surface area contributed by atoms with Gasteiger partial charge in [-0.2, -0.15) is 22.0 Å². The fourth-order valence-electron chi connectivity index (χ4n) is 1.16. The highest BCUT2D eigenvalue weighted by Gasteiger charge is 2.59. The van der Waals surface area contributed by atoms with E-state index in [2.05, 4.69) is 0 Å². The number of nitrogens with zero attached hydrogens (tertiary/aromatic N) is 1. The van der Waals surface area contributed by atoms with Gasteiger partial charge in [-0.05, 0) is 11.8 Å². The Labute approximate surface area is 104 Å². The van der Waals surface area contributed by atoms with Crippen molar-refractivity contribution >= 4 is 11.8 Å². The molecular formula is C10H10F5NOS+. The van der Waals surface area contributed by atoms with Crippen molar-refractivity contribution in [3.63, 3.8) is 0 Å². The molecule has 1 heterocycles. The van der Waals surface area contributed by atoms with Crippen LogP contribution in [-0.4, -0.2) is 23.1 Å². The van der Waals surface area contributed by atoms with E-state index in [0.717, 1.165) is 18.0 Å². The van der Waals surface area contributed by atoms with Crippen LogP contribution in [0.1, 0.15) is 12.6 Å². The zero-order valence-corrected chi connectivity index (χ0v) is 10.0. The summed E-state index contributed by atoms with van der Waals surface area (Å²) >= 11 is 1.05. The van der Waals surface area contributed by atoms with Crippen LogP contribution in [0.2, 0.25) is 0 Å². The van der Waals surface area contributed by atoms with Crippen molar-refractivity contribution in [2.45, 2.75) is 23.9 Å². The van der Waals surface area contributed by atoms with Gasteiger partial charge in [-0.25, -0.2) is 0 Å². The van der Waals surface area contributed by atoms with Gasteiger partial charge in [0.15, 0.2) is 0 Å². The van der Waals surface area contributed by atoms with Crippen molar-refractivity contribution in [2.24, 2.45) is 0 Å². The molecule has 0 saturated carbocycles. The quantitative estimate of drug-likeness (QED) is 0.398. The molecule has 1 aromatic rings. The first kappa shape index (κ1) is 15.0. The maximum Gasteiger partial charge on any atom is 0.454 e. The van der Waals surface area contributed by atoms with Gasteiger partial charge in [0.25, 0.3) is 5.69 Å². The van der Waals surface area contributed by atoms with E-state index in [0.29, 0.717) is 5.75 Å². The Hall–Kier alpha value is -1.05. The first-order valence-corrected chi connectivity index (χ1v) is 5.84. The van der Waals surface area contributed by atoms with Gasteiger partial charge in [0, 0.05) is 10.8 Å². The number of hydrogen-bond acceptors (Lipinski definition) is 2. The Balaban J connectivity index is 3.10. The lowest BCUT2D eigenvalue weighted by Crippen LogP contribution is -2.43. The van der Waals surface area contributed by atoms with Gasteiger partial charge in [-0.15, -0.1) is 11.8 Å². The maximum atomic E-state index is 12.9. The molecule has 0 amide bonds. The van der Waals surface area contributed by atoms with Crippen LogP contribution in [0.3, 0.4) is 0 Å². The molecule has 18 heavy (non-hydrogen) atoms. The molecule has 0 saturated heterocycles. The third-order valence-corrected chi connectivity index (χ3v) is 2.91. The topological polar surface area (TPSA) is 24.1 Å². The van der Waals surface area contributed by atoms with E-state index < -0.39 is 17.8 Å². The third-order valence-electron chi connectivity index (χ3n) is 1.97. The van der Waals surface area contributed by atoms with Crippen LogP contribution in [0.15, 0.2) is 23.2 Å². The first-order valence-electron chi connectivity index (χ1n) is 4.86. The standard InChI is InChI=1S/C10H10F5NOS/c1-2-18-8-4-3-5-16(17)7(8)6-9(11,12)10(13,14)15/h3-6,17H,2H2,1H3/q+1. The molecule has 0 atom stereocenters. The smallest absolute Gasteiger partial charge is 0.285 e. The summed E-state index contributed by atoms with van der Waals surface area (Å²) in [7, 11) is 0. The summed E-state index contributed by atoms with van der Waals surface area (Å²) in [4.78, 5) is 0.145. The number of hydrogen-bond donors (Lipinski definition) is 1. The minimum Gasteiger partial charge on any atom is -0.285 e. The molecule has 0 spiro atoms. The summed E-state index contributed by atoms with van der Waals surface area (Å²) in [5.41, 5.74) is -0.577. The molecule has 0 fully saturated rings. The largest absolute Gasteiger partial charge is 0.454 e. The van der Waals surface area contributed by atoms with Crippen LogP contribution in [-0.2, 0) is 0 Å². The average Bonchev–Trinajstić information content (AvgIpc) is 2.22. The van der Waals surface area contributed by atoms with Gasteiger partial charge in [-0.3, -0.25) is 5.21 Å². The summed E-state index contributed by atoms with van der Waals surface area (Å²) in [6.45, 7) is 1.71. The molecular weight excluding hydrogens is 277 g/mol. The van der Waals surface area contributed by atoms with Crippen LogP contribution < -0.4 is 4.73 Å². The molecule has 101 valence electrons. The molecule has 1 aromatic heterocycles. The molecule has 0 unspecified atom stereocenters. The Morgan fingerprint density at radius 1 is 1.33 bits per heavy atom. The zero-order valence-electron chi connectivity index (χ0n) is 9.21. The van der Waals surface area contributed by atoms with Crippen LogP contribution >= 0.6 is 11.8 Å². The minimum atomic E-state index is -5.69. The van der Waals surface area contributed by atoms with Crippen molar-refractivity contribution in [1.29, 1.82) is 0 Å². The molecule has 1 radical (unpaired) electrons. The van der Waals surface area contributed by atoms with Crippen molar-refractivity contribution in [2.75, 3.05) is 5.75 Å². The molecule has 0 aliphatic carbocycles. The van der Waals surface area contributed by atoms with Gasteiger partial charge in [-0.1, -0.05) is 6.92 Å². The predicted molar refractivity (Wildman–Crippen MR) is 54.6 cm³/mol. The van der Waals surface area contributed by atoms with Gasteiger partial charge < -0.3 is 0 Å². The predicted octanol–water partition coefficient (Wildman–Crippen LogP) is 3.07. The van der Waals surface area contributed by atoms with E-state index in [9.17, 15) is 27.2 Å². The molecule has 2 nitrogen and oxygen atoms in total. The number of rotatable bonds is 4. The van der Waals surface area contributed by atoms with Crippen molar-refractivity contribution in [3.8, 4) is 0 Å². The summed E-state index contributed by atoms with van der Waals surface area (Å²) in [6.07, 6.45) is -4.99. The lowest BCUT2D eigenvalue weighted by Gasteiger charge is -2.17. The van der Waals surface area contributed by atoms with Gasteiger partial charge in [0.2, 0.25) is 6.20 Å². The minimum absolute atomic E-state index is 0.145. The number of alkyl halides is 5. The molecule has 0 aliphatic heterocycles. The fourth-order valence-corrected chi connectivity index (χ4v) is 1.95. The second kappa shape index (κ2) is 5.29. The summed E-state index contributed by atoms with van der Waals surface area (Å²) in [5.74, 6) is -4.52. The van der Waals surface area contributed by atoms with E-state index in [1.165, 1.54) is 12.1 Å². The van der Waals surface area contributed by atoms with E-state index in [-0.39, 0.29) is 16.0 Å². The molecule has 8 heteroatoms. The third kappa shape index (κ3) is 3.24. The molecule has 0 bridgehead atoms. The number of thioether (sulfide) groups is 1. The Kier molecular flexibility index (Phi) is 4.41. The number of pyridine rings is 1. The fraction of sp³-hybridized carbons (Fsp3) is 0.400. The highest BCUT2D eigenvalue weighted by Crippen LogP contribution is 2.40. The Bertz CT molecular complexity index is 421. The summed E-state index contributed by atoms with van der Waals surface area (Å²) in [6, 6.07) is 2.71. The highest BCUT2D eigenvalue weighted by atomic mass is 32.2. The Morgan fingerprint density at radius 3 is 2.44 bits per heavy atom. The Morgan fingerprint density at radius 2 is 1.94 bits per heavy atom. The SMILES string of the molecule is CCSc1ccc[n+](O)c1[CH]C(F)(F)C(F)(F)F. The van der Waals surface area contributed by atoms with E-state index in [1.807, 2.05) is 0 Å². The molecule has 1 rings (SSSR count). The first-order chi connectivity index (χ1) is 8.19. The monoisotopic (exact) mass is 287 g/mol. The normalized spacial score (nSPS) is 12.8. The summed E-state index contributed by atoms with van der Waals surface area (Å²) < 4.78 is 62.3. The van der Waals surface area contributed by atoms with Crippen molar-refractivity contribution in [1.82, 2.24) is 0 Å². The van der Waals surface area contributed by atoms with Crippen LogP contribution in [0.5, 0.6) is 0 Å². The number of aromatic nitrogens is 1. The number of halogens is 5. The molecule has 0 aliphatic rings. The van der Waals surface area contributed by atoms with Gasteiger partial charge >= 0.3 is 12.1 Å². The van der Waals surface area contributed by atoms with Crippen LogP contribution in [0.25, 0.3) is 0 Å². The van der Waals surface area contributed by atoms with E-state index in [4.69, 9.17) is 0 Å². The molecule has 0 aromatic carbocycles. The lowest BCUT2D eigenvalue weighted by molar-refractivity contribution is -0.909. The lowest BCUT2D eigenvalue weighted by atomic mass is 10.1. The van der Waals surface area contributed by atoms with Crippen LogP contribution in [0.4, 0.5) is 22.0 Å². The van der Waals surface area contributed by atoms with Crippen molar-refractivity contribution < 1.29 is 31.9 Å². The second-order valence-corrected chi connectivity index (χ2v) is 4.61.